The lowest BCUT2D eigenvalue weighted by atomic mass is 10.1. The largest absolute Gasteiger partial charge is 0.477 e. The molecular weight excluding hydrogens is 305 g/mol. The van der Waals surface area contributed by atoms with Crippen molar-refractivity contribution in [3.63, 3.8) is 0 Å². The monoisotopic (exact) mass is 309 g/mol. The molecule has 1 aliphatic carbocycles. The summed E-state index contributed by atoms with van der Waals surface area (Å²) in [6.07, 6.45) is 0. The van der Waals surface area contributed by atoms with Gasteiger partial charge in [0.25, 0.3) is 0 Å². The number of carboxylic acids is 1. The number of nitrogens with zero attached hydrogens (tertiary/aromatic N) is 1. The van der Waals surface area contributed by atoms with E-state index in [1.54, 1.807) is 0 Å². The summed E-state index contributed by atoms with van der Waals surface area (Å²) in [5.74, 6) is -1.49. The van der Waals surface area contributed by atoms with Gasteiger partial charge in [-0.1, -0.05) is 23.2 Å². The van der Waals surface area contributed by atoms with E-state index in [4.69, 9.17) is 32.7 Å². The van der Waals surface area contributed by atoms with Crippen LogP contribution in [0.1, 0.15) is 10.4 Å². The van der Waals surface area contributed by atoms with Crippen LogP contribution in [0.25, 0.3) is 22.6 Å². The molecular formula is C13H5Cl2NO4. The lowest BCUT2D eigenvalue weighted by molar-refractivity contribution is 0.0694. The smallest absolute Gasteiger partial charge is 0.343 e. The van der Waals surface area contributed by atoms with Crippen LogP contribution in [0, 0.1) is 0 Å². The van der Waals surface area contributed by atoms with E-state index in [1.807, 2.05) is 0 Å². The van der Waals surface area contributed by atoms with Crippen LogP contribution in [-0.4, -0.2) is 16.1 Å². The molecule has 0 bridgehead atoms. The highest BCUT2D eigenvalue weighted by Gasteiger charge is 2.22. The number of aromatic nitrogens is 1. The second-order valence-corrected chi connectivity index (χ2v) is 4.89. The van der Waals surface area contributed by atoms with Crippen LogP contribution in [0.4, 0.5) is 0 Å². The third-order valence-corrected chi connectivity index (χ3v) is 3.25. The van der Waals surface area contributed by atoms with E-state index in [9.17, 15) is 9.59 Å². The Morgan fingerprint density at radius 3 is 2.70 bits per heavy atom. The van der Waals surface area contributed by atoms with E-state index in [2.05, 4.69) is 4.98 Å². The molecule has 1 aromatic carbocycles. The molecule has 5 nitrogen and oxygen atoms in total. The van der Waals surface area contributed by atoms with E-state index < -0.39 is 17.0 Å². The molecule has 1 aromatic rings. The van der Waals surface area contributed by atoms with Crippen molar-refractivity contribution in [1.82, 2.24) is 4.98 Å². The van der Waals surface area contributed by atoms with Crippen molar-refractivity contribution < 1.29 is 14.3 Å². The minimum atomic E-state index is -1.38. The summed E-state index contributed by atoms with van der Waals surface area (Å²) in [7, 11) is 0. The number of aromatic carboxylic acids is 1. The number of rotatable bonds is 1. The highest BCUT2D eigenvalue weighted by atomic mass is 35.5. The molecule has 0 radical (unpaired) electrons. The Morgan fingerprint density at radius 2 is 2.00 bits per heavy atom. The number of hydrogen-bond acceptors (Lipinski definition) is 4. The minimum Gasteiger partial charge on any atom is -0.477 e. The Bertz CT molecular complexity index is 888. The zero-order valence-corrected chi connectivity index (χ0v) is 11.2. The van der Waals surface area contributed by atoms with Crippen molar-refractivity contribution in [2.75, 3.05) is 0 Å². The fourth-order valence-corrected chi connectivity index (χ4v) is 2.43. The lowest BCUT2D eigenvalue weighted by Crippen LogP contribution is -2.16. The fraction of sp³-hybridized carbons (Fsp3) is 0. The van der Waals surface area contributed by atoms with Gasteiger partial charge >= 0.3 is 5.97 Å². The summed E-state index contributed by atoms with van der Waals surface area (Å²) in [5, 5.41) is 9.67. The quantitative estimate of drug-likeness (QED) is 0.698. The SMILES string of the molecule is O=C(O)c1c2oc3c(Cl)cc(Cl)cc3nc-2ccc1=O. The van der Waals surface area contributed by atoms with E-state index in [0.717, 1.165) is 6.07 Å². The van der Waals surface area contributed by atoms with Crippen molar-refractivity contribution in [1.29, 1.82) is 0 Å². The van der Waals surface area contributed by atoms with Crippen LogP contribution >= 0.6 is 23.2 Å². The fourth-order valence-electron chi connectivity index (χ4n) is 1.91. The zero-order chi connectivity index (χ0) is 14.4. The average Bonchev–Trinajstić information content (AvgIpc) is 2.36. The van der Waals surface area contributed by atoms with Crippen LogP contribution in [0.5, 0.6) is 0 Å². The first-order chi connectivity index (χ1) is 9.47. The number of halogens is 2. The molecule has 2 aliphatic rings. The van der Waals surface area contributed by atoms with Gasteiger partial charge in [0.2, 0.25) is 0 Å². The Kier molecular flexibility index (Phi) is 2.88. The van der Waals surface area contributed by atoms with Crippen molar-refractivity contribution in [3.05, 3.63) is 50.1 Å². The second-order valence-electron chi connectivity index (χ2n) is 4.04. The predicted octanol–water partition coefficient (Wildman–Crippen LogP) is 3.30. The summed E-state index contributed by atoms with van der Waals surface area (Å²) in [4.78, 5) is 27.0. The second kappa shape index (κ2) is 4.47. The standard InChI is InChI=1S/C13H5Cl2NO4/c14-5-3-6(15)11-8(4-5)16-7-1-2-9(17)10(13(18)19)12(7)20-11/h1-4H,(H,18,19). The molecule has 0 aromatic heterocycles. The third kappa shape index (κ3) is 1.92. The number of fused-ring (bicyclic) bond motifs is 2. The van der Waals surface area contributed by atoms with E-state index >= 15 is 0 Å². The molecule has 0 amide bonds. The van der Waals surface area contributed by atoms with Crippen LogP contribution in [-0.2, 0) is 0 Å². The lowest BCUT2D eigenvalue weighted by Gasteiger charge is -2.09. The maximum Gasteiger partial charge on any atom is 0.343 e. The van der Waals surface area contributed by atoms with Crippen molar-refractivity contribution >= 4 is 40.3 Å². The van der Waals surface area contributed by atoms with E-state index in [1.165, 1.54) is 18.2 Å². The number of carboxylic acid groups (broad SMARTS) is 1. The van der Waals surface area contributed by atoms with Crippen molar-refractivity contribution in [2.24, 2.45) is 0 Å². The molecule has 1 N–H and O–H groups in total. The highest BCUT2D eigenvalue weighted by Crippen LogP contribution is 2.32. The van der Waals surface area contributed by atoms with Crippen molar-refractivity contribution in [3.8, 4) is 11.5 Å². The minimum absolute atomic E-state index is 0.110. The maximum atomic E-state index is 11.6. The molecule has 20 heavy (non-hydrogen) atoms. The summed E-state index contributed by atoms with van der Waals surface area (Å²) in [6.45, 7) is 0. The predicted molar refractivity (Wildman–Crippen MR) is 73.9 cm³/mol. The van der Waals surface area contributed by atoms with Gasteiger partial charge in [-0.2, -0.15) is 0 Å². The summed E-state index contributed by atoms with van der Waals surface area (Å²) in [5.41, 5.74) is -0.322. The molecule has 1 aliphatic heterocycles. The Hall–Kier alpha value is -2.11. The first-order valence-electron chi connectivity index (χ1n) is 5.43. The summed E-state index contributed by atoms with van der Waals surface area (Å²) in [6, 6.07) is 5.51. The Morgan fingerprint density at radius 1 is 1.25 bits per heavy atom. The molecule has 0 saturated heterocycles. The molecule has 0 unspecified atom stereocenters. The molecule has 3 rings (SSSR count). The number of carbonyl (C=O) groups is 1. The summed E-state index contributed by atoms with van der Waals surface area (Å²) < 4.78 is 5.47. The molecule has 0 fully saturated rings. The molecule has 0 spiro atoms. The van der Waals surface area contributed by atoms with E-state index in [0.29, 0.717) is 10.5 Å². The normalized spacial score (nSPS) is 11.1. The van der Waals surface area contributed by atoms with Crippen LogP contribution in [0.3, 0.4) is 0 Å². The average molecular weight is 310 g/mol. The van der Waals surface area contributed by atoms with Gasteiger partial charge in [-0.25, -0.2) is 9.78 Å². The van der Waals surface area contributed by atoms with Gasteiger partial charge in [0.15, 0.2) is 22.3 Å². The van der Waals surface area contributed by atoms with Gasteiger partial charge in [-0.3, -0.25) is 4.79 Å². The van der Waals surface area contributed by atoms with Gasteiger partial charge in [0, 0.05) is 5.02 Å². The Balaban J connectivity index is 2.52. The topological polar surface area (TPSA) is 80.4 Å². The molecule has 7 heteroatoms. The van der Waals surface area contributed by atoms with Gasteiger partial charge in [-0.05, 0) is 24.3 Å². The van der Waals surface area contributed by atoms with Crippen LogP contribution in [0.15, 0.2) is 33.5 Å². The molecule has 100 valence electrons. The first-order valence-corrected chi connectivity index (χ1v) is 6.19. The van der Waals surface area contributed by atoms with Gasteiger partial charge in [0.1, 0.15) is 11.2 Å². The van der Waals surface area contributed by atoms with E-state index in [-0.39, 0.29) is 22.1 Å². The van der Waals surface area contributed by atoms with Gasteiger partial charge in [0.05, 0.1) is 5.02 Å². The van der Waals surface area contributed by atoms with Gasteiger partial charge < -0.3 is 9.52 Å². The third-order valence-electron chi connectivity index (χ3n) is 2.75. The maximum absolute atomic E-state index is 11.6. The molecule has 1 heterocycles. The Labute approximate surface area is 121 Å². The zero-order valence-electron chi connectivity index (χ0n) is 9.68. The highest BCUT2D eigenvalue weighted by molar-refractivity contribution is 6.38. The molecule has 0 saturated carbocycles. The van der Waals surface area contributed by atoms with Crippen LogP contribution in [0.2, 0.25) is 10.0 Å². The van der Waals surface area contributed by atoms with Gasteiger partial charge in [-0.15, -0.1) is 0 Å². The molecule has 0 atom stereocenters. The first kappa shape index (κ1) is 12.9. The van der Waals surface area contributed by atoms with Crippen LogP contribution < -0.4 is 5.43 Å². The summed E-state index contributed by atoms with van der Waals surface area (Å²) >= 11 is 11.9. The van der Waals surface area contributed by atoms with Crippen molar-refractivity contribution in [2.45, 2.75) is 0 Å². The number of benzene rings is 2. The number of hydrogen-bond donors (Lipinski definition) is 1.